The molecule has 0 aliphatic rings. The second-order valence-electron chi connectivity index (χ2n) is 5.80. The number of rotatable bonds is 3. The number of hydrogen-bond donors (Lipinski definition) is 1. The van der Waals surface area contributed by atoms with Gasteiger partial charge in [0.1, 0.15) is 17.7 Å². The molecule has 1 aromatic rings. The van der Waals surface area contributed by atoms with E-state index in [4.69, 9.17) is 4.74 Å². The van der Waals surface area contributed by atoms with Crippen LogP contribution in [-0.2, 0) is 20.9 Å². The summed E-state index contributed by atoms with van der Waals surface area (Å²) in [5, 5.41) is 2.14. The van der Waals surface area contributed by atoms with E-state index in [1.54, 1.807) is 6.92 Å². The highest BCUT2D eigenvalue weighted by molar-refractivity contribution is 6.32. The molecule has 1 N–H and O–H groups in total. The molecule has 1 aromatic carbocycles. The normalized spacial score (nSPS) is 12.7. The fourth-order valence-electron chi connectivity index (χ4n) is 1.33. The molecule has 0 saturated heterocycles. The van der Waals surface area contributed by atoms with E-state index in [1.807, 2.05) is 20.8 Å². The van der Waals surface area contributed by atoms with Crippen LogP contribution in [0.3, 0.4) is 0 Å². The van der Waals surface area contributed by atoms with Gasteiger partial charge in [0.2, 0.25) is 0 Å². The van der Waals surface area contributed by atoms with Crippen LogP contribution in [-0.4, -0.2) is 18.0 Å². The third-order valence-electron chi connectivity index (χ3n) is 3.18. The van der Waals surface area contributed by atoms with E-state index >= 15 is 0 Å². The maximum atomic E-state index is 13.4. The molecule has 0 aliphatic heterocycles. The van der Waals surface area contributed by atoms with Gasteiger partial charge in [-0.2, -0.15) is 0 Å². The first-order chi connectivity index (χ1) is 9.62. The van der Waals surface area contributed by atoms with Crippen molar-refractivity contribution in [3.05, 3.63) is 35.4 Å². The van der Waals surface area contributed by atoms with Crippen LogP contribution in [0.15, 0.2) is 18.2 Å². The molecule has 1 rings (SSSR count). The fraction of sp³-hybridized carbons (Fsp3) is 0.467. The maximum Gasteiger partial charge on any atom is 0.397 e. The Labute approximate surface area is 122 Å². The Morgan fingerprint density at radius 3 is 2.24 bits per heavy atom. The smallest absolute Gasteiger partial charge is 0.397 e. The minimum Gasteiger partial charge on any atom is -0.455 e. The largest absolute Gasteiger partial charge is 0.455 e. The topological polar surface area (TPSA) is 55.4 Å². The van der Waals surface area contributed by atoms with Gasteiger partial charge in [-0.05, 0) is 24.5 Å². The van der Waals surface area contributed by atoms with E-state index in [1.165, 1.54) is 6.07 Å². The highest BCUT2D eigenvalue weighted by atomic mass is 19.1. The second-order valence-corrected chi connectivity index (χ2v) is 5.80. The standard InChI is InChI=1S/C15H19F2NO3/c1-9(15(2,3)4)21-14(20)13(19)18-8-10-11(16)6-5-7-12(10)17/h5-7,9H,8H2,1-4H3,(H,18,19)/t9-/m1/s1. The van der Waals surface area contributed by atoms with Crippen molar-refractivity contribution >= 4 is 11.9 Å². The average Bonchev–Trinajstić information content (AvgIpc) is 2.36. The fourth-order valence-corrected chi connectivity index (χ4v) is 1.33. The lowest BCUT2D eigenvalue weighted by Crippen LogP contribution is -2.37. The van der Waals surface area contributed by atoms with Crippen LogP contribution < -0.4 is 5.32 Å². The molecule has 0 unspecified atom stereocenters. The predicted molar refractivity (Wildman–Crippen MR) is 73.2 cm³/mol. The summed E-state index contributed by atoms with van der Waals surface area (Å²) in [7, 11) is 0. The van der Waals surface area contributed by atoms with Gasteiger partial charge in [0.25, 0.3) is 0 Å². The summed E-state index contributed by atoms with van der Waals surface area (Å²) in [6.45, 7) is 6.82. The Morgan fingerprint density at radius 2 is 1.76 bits per heavy atom. The zero-order valence-electron chi connectivity index (χ0n) is 12.5. The summed E-state index contributed by atoms with van der Waals surface area (Å²) in [5.41, 5.74) is -0.615. The van der Waals surface area contributed by atoms with E-state index < -0.39 is 36.2 Å². The van der Waals surface area contributed by atoms with Crippen molar-refractivity contribution in [2.24, 2.45) is 5.41 Å². The van der Waals surface area contributed by atoms with Gasteiger partial charge in [-0.3, -0.25) is 4.79 Å². The SMILES string of the molecule is C[C@@H](OC(=O)C(=O)NCc1c(F)cccc1F)C(C)(C)C. The minimum absolute atomic E-state index is 0.303. The van der Waals surface area contributed by atoms with Crippen molar-refractivity contribution in [3.8, 4) is 0 Å². The summed E-state index contributed by atoms with van der Waals surface area (Å²) in [5.74, 6) is -3.68. The van der Waals surface area contributed by atoms with Crippen molar-refractivity contribution in [2.45, 2.75) is 40.3 Å². The minimum atomic E-state index is -1.07. The first-order valence-corrected chi connectivity index (χ1v) is 6.54. The van der Waals surface area contributed by atoms with Crippen LogP contribution >= 0.6 is 0 Å². The van der Waals surface area contributed by atoms with Crippen molar-refractivity contribution in [1.82, 2.24) is 5.32 Å². The molecule has 0 fully saturated rings. The molecule has 21 heavy (non-hydrogen) atoms. The molecule has 4 nitrogen and oxygen atoms in total. The highest BCUT2D eigenvalue weighted by Crippen LogP contribution is 2.21. The molecule has 1 atom stereocenters. The highest BCUT2D eigenvalue weighted by Gasteiger charge is 2.27. The number of amides is 1. The number of halogens is 2. The third kappa shape index (κ3) is 4.81. The molecular formula is C15H19F2NO3. The van der Waals surface area contributed by atoms with Crippen LogP contribution in [0.1, 0.15) is 33.3 Å². The van der Waals surface area contributed by atoms with Gasteiger partial charge in [-0.15, -0.1) is 0 Å². The number of ether oxygens (including phenoxy) is 1. The van der Waals surface area contributed by atoms with Crippen LogP contribution in [0, 0.1) is 17.0 Å². The molecule has 1 amide bonds. The maximum absolute atomic E-state index is 13.4. The van der Waals surface area contributed by atoms with Crippen molar-refractivity contribution in [3.63, 3.8) is 0 Å². The predicted octanol–water partition coefficient (Wildman–Crippen LogP) is 2.56. The zero-order chi connectivity index (χ0) is 16.2. The lowest BCUT2D eigenvalue weighted by Gasteiger charge is -2.26. The van der Waals surface area contributed by atoms with Gasteiger partial charge in [0.15, 0.2) is 0 Å². The number of carbonyl (C=O) groups excluding carboxylic acids is 2. The van der Waals surface area contributed by atoms with Gasteiger partial charge >= 0.3 is 11.9 Å². The quantitative estimate of drug-likeness (QED) is 0.689. The van der Waals surface area contributed by atoms with E-state index in [-0.39, 0.29) is 11.0 Å². The van der Waals surface area contributed by atoms with E-state index in [2.05, 4.69) is 5.32 Å². The van der Waals surface area contributed by atoms with Crippen molar-refractivity contribution in [2.75, 3.05) is 0 Å². The van der Waals surface area contributed by atoms with Crippen LogP contribution in [0.25, 0.3) is 0 Å². The summed E-state index contributed by atoms with van der Waals surface area (Å²) >= 11 is 0. The Bertz CT molecular complexity index is 518. The Balaban J connectivity index is 2.60. The van der Waals surface area contributed by atoms with Crippen molar-refractivity contribution < 1.29 is 23.1 Å². The van der Waals surface area contributed by atoms with E-state index in [9.17, 15) is 18.4 Å². The van der Waals surface area contributed by atoms with Crippen molar-refractivity contribution in [1.29, 1.82) is 0 Å². The Morgan fingerprint density at radius 1 is 1.24 bits per heavy atom. The van der Waals surface area contributed by atoms with Crippen LogP contribution in [0.2, 0.25) is 0 Å². The molecular weight excluding hydrogens is 280 g/mol. The number of hydrogen-bond acceptors (Lipinski definition) is 3. The van der Waals surface area contributed by atoms with E-state index in [0.29, 0.717) is 0 Å². The first kappa shape index (κ1) is 17.1. The summed E-state index contributed by atoms with van der Waals surface area (Å²) in [4.78, 5) is 23.1. The molecule has 116 valence electrons. The third-order valence-corrected chi connectivity index (χ3v) is 3.18. The molecule has 0 aliphatic carbocycles. The van der Waals surface area contributed by atoms with Gasteiger partial charge in [-0.1, -0.05) is 26.8 Å². The van der Waals surface area contributed by atoms with Crippen LogP contribution in [0.4, 0.5) is 8.78 Å². The first-order valence-electron chi connectivity index (χ1n) is 6.54. The summed E-state index contributed by atoms with van der Waals surface area (Å²) in [6, 6.07) is 3.37. The zero-order valence-corrected chi connectivity index (χ0v) is 12.5. The van der Waals surface area contributed by atoms with E-state index in [0.717, 1.165) is 12.1 Å². The lowest BCUT2D eigenvalue weighted by molar-refractivity contribution is -0.162. The molecule has 0 radical (unpaired) electrons. The Kier molecular flexibility index (Phi) is 5.41. The van der Waals surface area contributed by atoms with Gasteiger partial charge in [-0.25, -0.2) is 13.6 Å². The average molecular weight is 299 g/mol. The van der Waals surface area contributed by atoms with Gasteiger partial charge < -0.3 is 10.1 Å². The van der Waals surface area contributed by atoms with Gasteiger partial charge in [0.05, 0.1) is 0 Å². The van der Waals surface area contributed by atoms with Gasteiger partial charge in [0, 0.05) is 12.1 Å². The summed E-state index contributed by atoms with van der Waals surface area (Å²) in [6.07, 6.45) is -0.471. The second kappa shape index (κ2) is 6.65. The molecule has 6 heteroatoms. The monoisotopic (exact) mass is 299 g/mol. The Hall–Kier alpha value is -1.98. The number of benzene rings is 1. The summed E-state index contributed by atoms with van der Waals surface area (Å²) < 4.78 is 31.7. The molecule has 0 aromatic heterocycles. The molecule has 0 heterocycles. The molecule has 0 bridgehead atoms. The molecule has 0 saturated carbocycles. The lowest BCUT2D eigenvalue weighted by atomic mass is 9.90. The van der Waals surface area contributed by atoms with Crippen LogP contribution in [0.5, 0.6) is 0 Å². The molecule has 0 spiro atoms. The number of nitrogens with one attached hydrogen (secondary N) is 1. The number of esters is 1. The number of carbonyl (C=O) groups is 2.